The molecular formula is C19H30N2O2. The molecule has 0 aromatic heterocycles. The topological polar surface area (TPSA) is 40.6 Å². The number of hydrogen-bond acceptors (Lipinski definition) is 2. The SMILES string of the molecule is CC(C)(C)N1CC(C(=O)N2CC3CC4CC(C3)CC2C4)CC1=O. The molecule has 2 amide bonds. The number of fused-ring (bicyclic) bond motifs is 1. The number of hydrogen-bond donors (Lipinski definition) is 0. The molecule has 23 heavy (non-hydrogen) atoms. The third kappa shape index (κ3) is 2.68. The van der Waals surface area contributed by atoms with E-state index in [1.54, 1.807) is 0 Å². The average Bonchev–Trinajstić information content (AvgIpc) is 2.74. The lowest BCUT2D eigenvalue weighted by atomic mass is 9.68. The van der Waals surface area contributed by atoms with E-state index in [0.29, 0.717) is 24.9 Å². The van der Waals surface area contributed by atoms with Crippen LogP contribution < -0.4 is 0 Å². The fourth-order valence-electron chi connectivity index (χ4n) is 5.81. The van der Waals surface area contributed by atoms with Gasteiger partial charge < -0.3 is 9.80 Å². The number of amides is 2. The molecule has 128 valence electrons. The van der Waals surface area contributed by atoms with Crippen molar-refractivity contribution in [1.29, 1.82) is 0 Å². The summed E-state index contributed by atoms with van der Waals surface area (Å²) in [5.41, 5.74) is -0.178. The summed E-state index contributed by atoms with van der Waals surface area (Å²) in [5, 5.41) is 0. The molecule has 4 nitrogen and oxygen atoms in total. The Morgan fingerprint density at radius 1 is 0.957 bits per heavy atom. The van der Waals surface area contributed by atoms with Gasteiger partial charge in [-0.3, -0.25) is 9.59 Å². The molecule has 0 aromatic rings. The van der Waals surface area contributed by atoms with E-state index in [0.717, 1.165) is 18.4 Å². The molecule has 3 unspecified atom stereocenters. The highest BCUT2D eigenvalue weighted by Gasteiger charge is 2.47. The van der Waals surface area contributed by atoms with Gasteiger partial charge in [0.25, 0.3) is 0 Å². The molecule has 5 fully saturated rings. The highest BCUT2D eigenvalue weighted by atomic mass is 16.2. The normalized spacial score (nSPS) is 40.0. The molecule has 3 heterocycles. The molecule has 0 aromatic carbocycles. The quantitative estimate of drug-likeness (QED) is 0.746. The second-order valence-corrected chi connectivity index (χ2v) is 9.50. The summed E-state index contributed by atoms with van der Waals surface area (Å²) in [6.07, 6.45) is 6.89. The van der Waals surface area contributed by atoms with Crippen molar-refractivity contribution >= 4 is 11.8 Å². The second kappa shape index (κ2) is 5.22. The largest absolute Gasteiger partial charge is 0.339 e. The fraction of sp³-hybridized carbons (Fsp3) is 0.895. The van der Waals surface area contributed by atoms with Crippen molar-refractivity contribution in [1.82, 2.24) is 9.80 Å². The van der Waals surface area contributed by atoms with Gasteiger partial charge in [0.2, 0.25) is 11.8 Å². The van der Waals surface area contributed by atoms with Crippen molar-refractivity contribution in [3.63, 3.8) is 0 Å². The maximum Gasteiger partial charge on any atom is 0.228 e. The van der Waals surface area contributed by atoms with Gasteiger partial charge >= 0.3 is 0 Å². The molecule has 4 bridgehead atoms. The molecule has 0 N–H and O–H groups in total. The minimum absolute atomic E-state index is 0.114. The first-order chi connectivity index (χ1) is 10.8. The Kier molecular flexibility index (Phi) is 3.51. The highest BCUT2D eigenvalue weighted by molar-refractivity contribution is 5.89. The van der Waals surface area contributed by atoms with Crippen LogP contribution in [0.4, 0.5) is 0 Å². The van der Waals surface area contributed by atoms with Crippen molar-refractivity contribution in [2.45, 2.75) is 70.9 Å². The molecule has 5 aliphatic rings. The lowest BCUT2D eigenvalue weighted by molar-refractivity contribution is -0.138. The van der Waals surface area contributed by atoms with Crippen molar-refractivity contribution in [3.8, 4) is 0 Å². The van der Waals surface area contributed by atoms with Crippen LogP contribution in [-0.4, -0.2) is 46.3 Å². The Balaban J connectivity index is 1.50. The molecule has 0 radical (unpaired) electrons. The van der Waals surface area contributed by atoms with Crippen LogP contribution in [0, 0.1) is 23.7 Å². The Hall–Kier alpha value is -1.06. The van der Waals surface area contributed by atoms with E-state index < -0.39 is 0 Å². The summed E-state index contributed by atoms with van der Waals surface area (Å²) in [7, 11) is 0. The van der Waals surface area contributed by atoms with E-state index in [4.69, 9.17) is 0 Å². The minimum Gasteiger partial charge on any atom is -0.339 e. The van der Waals surface area contributed by atoms with Crippen LogP contribution in [0.1, 0.15) is 59.3 Å². The average molecular weight is 318 g/mol. The van der Waals surface area contributed by atoms with Gasteiger partial charge in [-0.1, -0.05) is 0 Å². The first-order valence-corrected chi connectivity index (χ1v) is 9.42. The third-order valence-corrected chi connectivity index (χ3v) is 6.67. The van der Waals surface area contributed by atoms with Crippen LogP contribution in [-0.2, 0) is 9.59 Å². The highest BCUT2D eigenvalue weighted by Crippen LogP contribution is 2.48. The number of likely N-dealkylation sites (tertiary alicyclic amines) is 1. The van der Waals surface area contributed by atoms with Crippen LogP contribution in [0.2, 0.25) is 0 Å². The standard InChI is InChI=1S/C19H30N2O2/c1-19(2,3)21-11-15(9-17(21)22)18(23)20-10-14-5-12-4-13(6-14)8-16(20)7-12/h12-16H,4-11H2,1-3H3. The predicted molar refractivity (Wildman–Crippen MR) is 88.6 cm³/mol. The molecule has 5 rings (SSSR count). The maximum absolute atomic E-state index is 13.2. The summed E-state index contributed by atoms with van der Waals surface area (Å²) in [6.45, 7) is 7.75. The summed E-state index contributed by atoms with van der Waals surface area (Å²) >= 11 is 0. The molecule has 3 aliphatic heterocycles. The van der Waals surface area contributed by atoms with Crippen molar-refractivity contribution < 1.29 is 9.59 Å². The van der Waals surface area contributed by atoms with Crippen LogP contribution in [0.5, 0.6) is 0 Å². The molecule has 2 aliphatic carbocycles. The number of nitrogens with zero attached hydrogens (tertiary/aromatic N) is 2. The van der Waals surface area contributed by atoms with Crippen molar-refractivity contribution in [2.24, 2.45) is 23.7 Å². The summed E-state index contributed by atoms with van der Waals surface area (Å²) in [6, 6.07) is 0.456. The Labute approximate surface area is 139 Å². The number of rotatable bonds is 1. The summed E-state index contributed by atoms with van der Waals surface area (Å²) in [4.78, 5) is 29.6. The smallest absolute Gasteiger partial charge is 0.228 e. The second-order valence-electron chi connectivity index (χ2n) is 9.50. The van der Waals surface area contributed by atoms with Gasteiger partial charge in [0.15, 0.2) is 0 Å². The molecule has 3 saturated heterocycles. The number of carbonyl (C=O) groups is 2. The first kappa shape index (κ1) is 15.5. The predicted octanol–water partition coefficient (Wildman–Crippen LogP) is 2.67. The molecule has 4 heteroatoms. The molecule has 2 saturated carbocycles. The van der Waals surface area contributed by atoms with Crippen molar-refractivity contribution in [3.05, 3.63) is 0 Å². The zero-order chi connectivity index (χ0) is 16.4. The van der Waals surface area contributed by atoms with E-state index in [-0.39, 0.29) is 23.3 Å². The Morgan fingerprint density at radius 2 is 1.57 bits per heavy atom. The molecule has 3 atom stereocenters. The monoisotopic (exact) mass is 318 g/mol. The van der Waals surface area contributed by atoms with Gasteiger partial charge in [0.05, 0.1) is 5.92 Å². The first-order valence-electron chi connectivity index (χ1n) is 9.42. The third-order valence-electron chi connectivity index (χ3n) is 6.67. The Morgan fingerprint density at radius 3 is 2.13 bits per heavy atom. The lowest BCUT2D eigenvalue weighted by Gasteiger charge is -2.39. The summed E-state index contributed by atoms with van der Waals surface area (Å²) in [5.74, 6) is 2.72. The fourth-order valence-corrected chi connectivity index (χ4v) is 5.81. The van der Waals surface area contributed by atoms with E-state index in [2.05, 4.69) is 25.7 Å². The van der Waals surface area contributed by atoms with E-state index in [9.17, 15) is 9.59 Å². The minimum atomic E-state index is -0.178. The lowest BCUT2D eigenvalue weighted by Crippen LogP contribution is -2.47. The molecular weight excluding hydrogens is 288 g/mol. The Bertz CT molecular complexity index is 510. The van der Waals surface area contributed by atoms with Crippen LogP contribution in [0.3, 0.4) is 0 Å². The van der Waals surface area contributed by atoms with Crippen LogP contribution in [0.15, 0.2) is 0 Å². The van der Waals surface area contributed by atoms with Gasteiger partial charge in [0, 0.05) is 31.1 Å². The van der Waals surface area contributed by atoms with Gasteiger partial charge in [-0.25, -0.2) is 0 Å². The van der Waals surface area contributed by atoms with Gasteiger partial charge in [-0.2, -0.15) is 0 Å². The zero-order valence-electron chi connectivity index (χ0n) is 14.8. The van der Waals surface area contributed by atoms with Crippen molar-refractivity contribution in [2.75, 3.05) is 13.1 Å². The maximum atomic E-state index is 13.2. The van der Waals surface area contributed by atoms with Gasteiger partial charge in [0.1, 0.15) is 0 Å². The van der Waals surface area contributed by atoms with E-state index >= 15 is 0 Å². The van der Waals surface area contributed by atoms with E-state index in [1.807, 2.05) is 4.90 Å². The summed E-state index contributed by atoms with van der Waals surface area (Å²) < 4.78 is 0. The zero-order valence-corrected chi connectivity index (χ0v) is 14.8. The van der Waals surface area contributed by atoms with Gasteiger partial charge in [-0.05, 0) is 70.6 Å². The number of carbonyl (C=O) groups excluding carboxylic acids is 2. The van der Waals surface area contributed by atoms with Gasteiger partial charge in [-0.15, -0.1) is 0 Å². The van der Waals surface area contributed by atoms with Crippen LogP contribution in [0.25, 0.3) is 0 Å². The van der Waals surface area contributed by atoms with E-state index in [1.165, 1.54) is 32.1 Å². The van der Waals surface area contributed by atoms with Crippen LogP contribution >= 0.6 is 0 Å². The molecule has 0 spiro atoms.